The minimum Gasteiger partial charge on any atom is -0.481 e. The number of rotatable bonds is 9. The molecule has 0 atom stereocenters. The molecule has 1 heterocycles. The van der Waals surface area contributed by atoms with Crippen LogP contribution in [-0.4, -0.2) is 28.5 Å². The number of nitrogens with one attached hydrogen (secondary N) is 1. The van der Waals surface area contributed by atoms with Crippen molar-refractivity contribution in [3.05, 3.63) is 23.4 Å². The average Bonchev–Trinajstić information content (AvgIpc) is 2.37. The van der Waals surface area contributed by atoms with Crippen molar-refractivity contribution >= 4 is 17.7 Å². The van der Waals surface area contributed by atoms with Crippen molar-refractivity contribution in [3.8, 4) is 0 Å². The SMILES string of the molecule is Cc1ccc(C(N)=O)c(NCCCCCCC(=O)O)n1. The Bertz CT molecular complexity index is 475. The standard InChI is InChI=1S/C14H21N3O3/c1-10-7-8-11(13(15)20)14(17-10)16-9-5-3-2-4-6-12(18)19/h7-8H,2-6,9H2,1H3,(H2,15,20)(H,16,17)(H,18,19). The molecule has 0 aliphatic carbocycles. The number of hydrogen-bond acceptors (Lipinski definition) is 4. The number of unbranched alkanes of at least 4 members (excludes halogenated alkanes) is 3. The van der Waals surface area contributed by atoms with Gasteiger partial charge in [0.25, 0.3) is 5.91 Å². The van der Waals surface area contributed by atoms with Gasteiger partial charge in [0.05, 0.1) is 5.56 Å². The molecule has 0 fully saturated rings. The topological polar surface area (TPSA) is 105 Å². The molecule has 1 amide bonds. The number of aryl methyl sites for hydroxylation is 1. The van der Waals surface area contributed by atoms with Crippen LogP contribution in [0.15, 0.2) is 12.1 Å². The molecule has 4 N–H and O–H groups in total. The van der Waals surface area contributed by atoms with Crippen LogP contribution in [0.4, 0.5) is 5.82 Å². The lowest BCUT2D eigenvalue weighted by Gasteiger charge is -2.09. The third kappa shape index (κ3) is 5.69. The highest BCUT2D eigenvalue weighted by Gasteiger charge is 2.09. The summed E-state index contributed by atoms with van der Waals surface area (Å²) in [5.74, 6) is -0.734. The van der Waals surface area contributed by atoms with Crippen molar-refractivity contribution in [3.63, 3.8) is 0 Å². The van der Waals surface area contributed by atoms with Gasteiger partial charge in [0.15, 0.2) is 0 Å². The smallest absolute Gasteiger partial charge is 0.303 e. The number of pyridine rings is 1. The molecule has 0 unspecified atom stereocenters. The van der Waals surface area contributed by atoms with Crippen LogP contribution in [-0.2, 0) is 4.79 Å². The number of aromatic nitrogens is 1. The summed E-state index contributed by atoms with van der Waals surface area (Å²) in [6, 6.07) is 3.41. The van der Waals surface area contributed by atoms with E-state index in [-0.39, 0.29) is 6.42 Å². The first-order chi connectivity index (χ1) is 9.50. The number of carbonyl (C=O) groups excluding carboxylic acids is 1. The molecule has 0 radical (unpaired) electrons. The van der Waals surface area contributed by atoms with E-state index in [1.807, 2.05) is 6.92 Å². The van der Waals surface area contributed by atoms with Crippen LogP contribution in [0.1, 0.15) is 48.2 Å². The van der Waals surface area contributed by atoms with Crippen molar-refractivity contribution < 1.29 is 14.7 Å². The van der Waals surface area contributed by atoms with Crippen molar-refractivity contribution in [1.82, 2.24) is 4.98 Å². The van der Waals surface area contributed by atoms with E-state index in [0.717, 1.165) is 25.0 Å². The van der Waals surface area contributed by atoms with E-state index in [0.29, 0.717) is 24.3 Å². The van der Waals surface area contributed by atoms with E-state index >= 15 is 0 Å². The lowest BCUT2D eigenvalue weighted by atomic mass is 10.1. The summed E-state index contributed by atoms with van der Waals surface area (Å²) >= 11 is 0. The predicted octanol–water partition coefficient (Wildman–Crippen LogP) is 1.94. The van der Waals surface area contributed by atoms with Gasteiger partial charge in [0, 0.05) is 18.7 Å². The zero-order valence-corrected chi connectivity index (χ0v) is 11.7. The zero-order chi connectivity index (χ0) is 15.0. The molecule has 1 aromatic rings. The van der Waals surface area contributed by atoms with Crippen molar-refractivity contribution in [2.24, 2.45) is 5.73 Å². The number of aliphatic carboxylic acids is 1. The second kappa shape index (κ2) is 8.14. The predicted molar refractivity (Wildman–Crippen MR) is 76.7 cm³/mol. The van der Waals surface area contributed by atoms with Crippen LogP contribution >= 0.6 is 0 Å². The number of primary amides is 1. The largest absolute Gasteiger partial charge is 0.481 e. The van der Waals surface area contributed by atoms with Gasteiger partial charge in [-0.1, -0.05) is 12.8 Å². The van der Waals surface area contributed by atoms with E-state index in [9.17, 15) is 9.59 Å². The van der Waals surface area contributed by atoms with E-state index in [1.54, 1.807) is 12.1 Å². The van der Waals surface area contributed by atoms with Crippen LogP contribution in [0.2, 0.25) is 0 Å². The molecule has 0 aliphatic heterocycles. The summed E-state index contributed by atoms with van der Waals surface area (Å²) in [6.07, 6.45) is 3.65. The third-order valence-electron chi connectivity index (χ3n) is 2.91. The molecule has 1 aromatic heterocycles. The molecule has 6 heteroatoms. The van der Waals surface area contributed by atoms with Gasteiger partial charge in [-0.3, -0.25) is 9.59 Å². The molecule has 0 saturated heterocycles. The van der Waals surface area contributed by atoms with Crippen molar-refractivity contribution in [1.29, 1.82) is 0 Å². The third-order valence-corrected chi connectivity index (χ3v) is 2.91. The van der Waals surface area contributed by atoms with Crippen LogP contribution in [0.25, 0.3) is 0 Å². The normalized spacial score (nSPS) is 10.2. The summed E-state index contributed by atoms with van der Waals surface area (Å²) in [5, 5.41) is 11.6. The van der Waals surface area contributed by atoms with Gasteiger partial charge < -0.3 is 16.2 Å². The minimum absolute atomic E-state index is 0.221. The molecule has 6 nitrogen and oxygen atoms in total. The number of anilines is 1. The highest BCUT2D eigenvalue weighted by atomic mass is 16.4. The molecule has 0 saturated carbocycles. The first-order valence-electron chi connectivity index (χ1n) is 6.74. The molecule has 1 rings (SSSR count). The quantitative estimate of drug-likeness (QED) is 0.599. The Morgan fingerprint density at radius 3 is 2.60 bits per heavy atom. The molecular formula is C14H21N3O3. The van der Waals surface area contributed by atoms with E-state index < -0.39 is 11.9 Å². The summed E-state index contributed by atoms with van der Waals surface area (Å²) in [6.45, 7) is 2.53. The van der Waals surface area contributed by atoms with Gasteiger partial charge in [0.1, 0.15) is 5.82 Å². The maximum Gasteiger partial charge on any atom is 0.303 e. The van der Waals surface area contributed by atoms with Gasteiger partial charge in [-0.15, -0.1) is 0 Å². The van der Waals surface area contributed by atoms with Crippen LogP contribution in [0.3, 0.4) is 0 Å². The molecule has 20 heavy (non-hydrogen) atoms. The fourth-order valence-corrected chi connectivity index (χ4v) is 1.85. The first kappa shape index (κ1) is 15.9. The fraction of sp³-hybridized carbons (Fsp3) is 0.500. The number of carboxylic acids is 1. The molecule has 110 valence electrons. The highest BCUT2D eigenvalue weighted by molar-refractivity contribution is 5.97. The Hall–Kier alpha value is -2.11. The molecule has 0 aliphatic rings. The van der Waals surface area contributed by atoms with Gasteiger partial charge in [-0.2, -0.15) is 0 Å². The van der Waals surface area contributed by atoms with Gasteiger partial charge in [0.2, 0.25) is 0 Å². The van der Waals surface area contributed by atoms with Crippen molar-refractivity contribution in [2.75, 3.05) is 11.9 Å². The zero-order valence-electron chi connectivity index (χ0n) is 11.7. The summed E-state index contributed by atoms with van der Waals surface area (Å²) in [7, 11) is 0. The Kier molecular flexibility index (Phi) is 6.49. The molecule has 0 aromatic carbocycles. The highest BCUT2D eigenvalue weighted by Crippen LogP contribution is 2.13. The number of carboxylic acid groups (broad SMARTS) is 1. The average molecular weight is 279 g/mol. The maximum atomic E-state index is 11.3. The Balaban J connectivity index is 2.33. The van der Waals surface area contributed by atoms with Crippen LogP contribution in [0.5, 0.6) is 0 Å². The number of carbonyl (C=O) groups is 2. The second-order valence-corrected chi connectivity index (χ2v) is 4.70. The van der Waals surface area contributed by atoms with Gasteiger partial charge >= 0.3 is 5.97 Å². The van der Waals surface area contributed by atoms with E-state index in [4.69, 9.17) is 10.8 Å². The first-order valence-corrected chi connectivity index (χ1v) is 6.74. The van der Waals surface area contributed by atoms with Crippen molar-refractivity contribution in [2.45, 2.75) is 39.0 Å². The van der Waals surface area contributed by atoms with Crippen LogP contribution in [0, 0.1) is 6.92 Å². The summed E-state index contributed by atoms with van der Waals surface area (Å²) < 4.78 is 0. The van der Waals surface area contributed by atoms with E-state index in [2.05, 4.69) is 10.3 Å². The Morgan fingerprint density at radius 2 is 1.95 bits per heavy atom. The summed E-state index contributed by atoms with van der Waals surface area (Å²) in [5.41, 5.74) is 6.50. The molecular weight excluding hydrogens is 258 g/mol. The van der Waals surface area contributed by atoms with E-state index in [1.165, 1.54) is 0 Å². The lowest BCUT2D eigenvalue weighted by Crippen LogP contribution is -2.16. The summed E-state index contributed by atoms with van der Waals surface area (Å²) in [4.78, 5) is 25.9. The minimum atomic E-state index is -0.752. The molecule has 0 bridgehead atoms. The van der Waals surface area contributed by atoms with Crippen LogP contribution < -0.4 is 11.1 Å². The Labute approximate surface area is 118 Å². The monoisotopic (exact) mass is 279 g/mol. The molecule has 0 spiro atoms. The Morgan fingerprint density at radius 1 is 1.25 bits per heavy atom. The lowest BCUT2D eigenvalue weighted by molar-refractivity contribution is -0.137. The maximum absolute atomic E-state index is 11.3. The number of nitrogens with two attached hydrogens (primary N) is 1. The van der Waals surface area contributed by atoms with Gasteiger partial charge in [-0.25, -0.2) is 4.98 Å². The fourth-order valence-electron chi connectivity index (χ4n) is 1.85. The number of nitrogens with zero attached hydrogens (tertiary/aromatic N) is 1. The second-order valence-electron chi connectivity index (χ2n) is 4.70. The number of hydrogen-bond donors (Lipinski definition) is 3. The number of amides is 1. The van der Waals surface area contributed by atoms with Gasteiger partial charge in [-0.05, 0) is 31.9 Å².